The van der Waals surface area contributed by atoms with Gasteiger partial charge < -0.3 is 26.4 Å². The van der Waals surface area contributed by atoms with Crippen LogP contribution in [0.5, 0.6) is 0 Å². The minimum atomic E-state index is -0.569. The van der Waals surface area contributed by atoms with Gasteiger partial charge in [0, 0.05) is 83.3 Å². The summed E-state index contributed by atoms with van der Waals surface area (Å²) in [7, 11) is 4.13. The number of pyridine rings is 5. The van der Waals surface area contributed by atoms with Crippen LogP contribution in [0.15, 0.2) is 212 Å². The lowest BCUT2D eigenvalue weighted by Gasteiger charge is -2.18. The molecule has 0 saturated heterocycles. The molecule has 5 N–H and O–H groups in total. The van der Waals surface area contributed by atoms with Crippen LogP contribution in [-0.4, -0.2) is 177 Å². The highest BCUT2D eigenvalue weighted by Crippen LogP contribution is 2.27. The maximum atomic E-state index is 12.8. The van der Waals surface area contributed by atoms with Crippen molar-refractivity contribution in [2.24, 2.45) is 11.5 Å². The minimum absolute atomic E-state index is 0. The highest BCUT2D eigenvalue weighted by Gasteiger charge is 2.21. The Kier molecular flexibility index (Phi) is 39.2. The maximum absolute atomic E-state index is 12.8. The van der Waals surface area contributed by atoms with Gasteiger partial charge >= 0.3 is 6.09 Å². The van der Waals surface area contributed by atoms with Crippen molar-refractivity contribution >= 4 is 77.8 Å². The van der Waals surface area contributed by atoms with Gasteiger partial charge in [0.1, 0.15) is 62.3 Å². The van der Waals surface area contributed by atoms with Crippen molar-refractivity contribution in [2.75, 3.05) is 40.3 Å². The number of hydrogen-bond donors (Lipinski definition) is 3. The van der Waals surface area contributed by atoms with E-state index in [0.29, 0.717) is 103 Å². The third-order valence-electron chi connectivity index (χ3n) is 21.7. The predicted octanol–water partition coefficient (Wildman–Crippen LogP) is 16.9. The largest absolute Gasteiger partial charge is 0.444 e. The average molecular weight is 2050 g/mol. The molecule has 0 bridgehead atoms. The fourth-order valence-corrected chi connectivity index (χ4v) is 15.7. The van der Waals surface area contributed by atoms with Crippen LogP contribution in [0.2, 0.25) is 0 Å². The van der Waals surface area contributed by atoms with Crippen molar-refractivity contribution in [1.29, 1.82) is 0 Å². The van der Waals surface area contributed by atoms with Gasteiger partial charge in [-0.15, -0.1) is 12.3 Å². The molecule has 36 nitrogen and oxygen atoms in total. The summed E-state index contributed by atoms with van der Waals surface area (Å²) in [5.41, 5.74) is 35.2. The van der Waals surface area contributed by atoms with E-state index in [-0.39, 0.29) is 92.9 Å². The molecular weight excluding hydrogens is 1920 g/mol. The molecule has 0 unspecified atom stereocenters. The zero-order chi connectivity index (χ0) is 99.7. The first-order chi connectivity index (χ1) is 67.0. The second kappa shape index (κ2) is 49.9. The number of nitrogens with zero attached hydrogens (tertiary/aromatic N) is 26. The van der Waals surface area contributed by atoms with Crippen LogP contribution in [0.1, 0.15) is 178 Å². The Balaban J connectivity index is 0.000000220. The summed E-state index contributed by atoms with van der Waals surface area (Å²) in [6.07, 6.45) is 26.8. The van der Waals surface area contributed by atoms with Gasteiger partial charge in [0.15, 0.2) is 0 Å². The third kappa shape index (κ3) is 27.6. The standard InChI is InChI=1S/C24H24N6O3.C21H24N6O.C19H20N6O.C19H16N6O.C16H12BrN5O.C4H6.7CH4/c1-15-13-30-20(16(2)26-15)11-19(28-30)18-12-22(31)29-14-17(8-9-21(29)27-18)7-6-10-25-23(32)33-24(3,4)5;1-14-12-27-19(15(2)22-14)10-18(24-27)17-11-21(28)26-13-16(6-5-9-25(3)4)7-8-20(26)23-17;2*1-12-10-25-17(13(2)21-12)8-16(23-25)15-9-19(26)24-11-14(4-3-7-20)5-6-18(24)22-15;1-9-7-22-14(10(2)18-9)5-13(20-22)12-6-16(23)21-8-11(17)3-4-15(21)19-12;1-3-4-2;;;;;;;/h8-9,11-14H,10H2,1-5H3,(H,25,32);7-8,10-13H,5-6,9H2,1-4H3;5-6,8-11H,3-4,7,20H2,1-2H3;5-6,8-11H,7,20H2,1-2H3;3-8H,1-2H3;1H,4H2,2H3;7*1H4. The average Bonchev–Trinajstić information content (AvgIpc) is 1.67. The molecule has 764 valence electrons. The molecule has 0 atom stereocenters. The van der Waals surface area contributed by atoms with E-state index in [4.69, 9.17) is 22.6 Å². The normalized spacial score (nSPS) is 10.7. The number of halogens is 1. The molecule has 37 heteroatoms. The van der Waals surface area contributed by atoms with Crippen LogP contribution in [0.4, 0.5) is 4.79 Å². The van der Waals surface area contributed by atoms with Gasteiger partial charge in [-0.05, 0) is 249 Å². The highest BCUT2D eigenvalue weighted by molar-refractivity contribution is 9.10. The molecule has 0 aliphatic heterocycles. The number of nitrogens with one attached hydrogen (secondary N) is 1. The summed E-state index contributed by atoms with van der Waals surface area (Å²) >= 11 is 3.36. The summed E-state index contributed by atoms with van der Waals surface area (Å²) in [6.45, 7) is 28.7. The lowest BCUT2D eigenvalue weighted by atomic mass is 10.1. The number of hydrogen-bond acceptors (Lipinski definition) is 25. The molecule has 20 aromatic rings. The molecule has 0 aliphatic carbocycles. The summed E-state index contributed by atoms with van der Waals surface area (Å²) in [5, 5.41) is 25.3. The van der Waals surface area contributed by atoms with Crippen LogP contribution in [0.25, 0.3) is 113 Å². The zero-order valence-corrected chi connectivity index (χ0v) is 81.9. The van der Waals surface area contributed by atoms with Gasteiger partial charge in [-0.1, -0.05) is 94.7 Å². The molecule has 0 spiro atoms. The number of alkyl carbamates (subject to hydrolysis) is 1. The fraction of sp³-hybridized carbons (Fsp3) is 0.300. The van der Waals surface area contributed by atoms with Gasteiger partial charge in [0.05, 0.1) is 157 Å². The second-order valence-electron chi connectivity index (χ2n) is 34.5. The van der Waals surface area contributed by atoms with Crippen LogP contribution in [-0.2, 0) is 17.6 Å². The first kappa shape index (κ1) is 115. The number of carbonyl (C=O) groups is 1. The van der Waals surface area contributed by atoms with E-state index >= 15 is 0 Å². The molecule has 0 fully saturated rings. The number of aryl methyl sites for hydroxylation is 12. The summed E-state index contributed by atoms with van der Waals surface area (Å²) < 4.78 is 22.4. The Labute approximate surface area is 862 Å². The summed E-state index contributed by atoms with van der Waals surface area (Å²) in [4.78, 5) is 122. The summed E-state index contributed by atoms with van der Waals surface area (Å²) in [6, 6.07) is 35.5. The van der Waals surface area contributed by atoms with Crippen molar-refractivity contribution in [3.63, 3.8) is 0 Å². The molecule has 20 heterocycles. The number of aromatic nitrogens is 25. The highest BCUT2D eigenvalue weighted by atomic mass is 79.9. The Morgan fingerprint density at radius 3 is 0.952 bits per heavy atom. The molecule has 147 heavy (non-hydrogen) atoms. The van der Waals surface area contributed by atoms with E-state index in [1.54, 1.807) is 101 Å². The van der Waals surface area contributed by atoms with Gasteiger partial charge in [-0.2, -0.15) is 25.5 Å². The zero-order valence-electron chi connectivity index (χ0n) is 80.3. The van der Waals surface area contributed by atoms with Crippen molar-refractivity contribution in [3.05, 3.63) is 319 Å². The summed E-state index contributed by atoms with van der Waals surface area (Å²) in [5.74, 6) is 13.9. The van der Waals surface area contributed by atoms with E-state index in [0.717, 1.165) is 139 Å². The SMILES string of the molecule is C.C.C.C.C.C.C.C#CCC.Cc1cn2nc(-c3cc(=O)n4cc(Br)ccc4n3)cc2c(C)n1.Cc1cn2nc(-c3cc(=O)n4cc(C#CCN)ccc4n3)cc2c(C)n1.Cc1cn2nc(-c3cc(=O)n4cc(C#CCNC(=O)OC(C)(C)C)ccc4n3)cc2c(C)n1.Cc1cn2nc(-c3cc(=O)n4cc(CCCN(C)C)ccc4n3)cc2c(C)n1.Cc1cn2nc(-c3cc(=O)n4cc(CCCN)ccc4n3)cc2c(C)n1. The lowest BCUT2D eigenvalue weighted by molar-refractivity contribution is 0.0535. The number of amides is 1. The van der Waals surface area contributed by atoms with Gasteiger partial charge in [0.2, 0.25) is 0 Å². The Morgan fingerprint density at radius 2 is 0.667 bits per heavy atom. The smallest absolute Gasteiger partial charge is 0.408 e. The molecule has 1 amide bonds. The predicted molar refractivity (Wildman–Crippen MR) is 590 cm³/mol. The molecule has 20 aromatic heterocycles. The molecule has 0 radical (unpaired) electrons. The Morgan fingerprint density at radius 1 is 0.388 bits per heavy atom. The van der Waals surface area contributed by atoms with E-state index in [9.17, 15) is 28.8 Å². The van der Waals surface area contributed by atoms with Gasteiger partial charge in [-0.25, -0.2) is 52.3 Å². The Bertz CT molecular complexity index is 8740. The molecule has 0 saturated carbocycles. The number of ether oxygens (including phenoxy) is 1. The molecular formula is C110H130BrN29O7. The topological polar surface area (TPSA) is 416 Å². The van der Waals surface area contributed by atoms with Crippen LogP contribution in [0.3, 0.4) is 0 Å². The maximum Gasteiger partial charge on any atom is 0.408 e. The number of rotatable bonds is 13. The van der Waals surface area contributed by atoms with E-state index in [1.807, 2.05) is 186 Å². The van der Waals surface area contributed by atoms with E-state index < -0.39 is 11.7 Å². The number of terminal acetylenes is 1. The van der Waals surface area contributed by atoms with Crippen LogP contribution >= 0.6 is 15.9 Å². The van der Waals surface area contributed by atoms with Crippen molar-refractivity contribution in [3.8, 4) is 93.0 Å². The first-order valence-electron chi connectivity index (χ1n) is 45.0. The Hall–Kier alpha value is -16.8. The minimum Gasteiger partial charge on any atom is -0.444 e. The van der Waals surface area contributed by atoms with E-state index in [2.05, 4.69) is 145 Å². The van der Waals surface area contributed by atoms with Crippen LogP contribution in [0, 0.1) is 105 Å². The lowest BCUT2D eigenvalue weighted by Crippen LogP contribution is -2.32. The van der Waals surface area contributed by atoms with Gasteiger partial charge in [-0.3, -0.25) is 70.9 Å². The van der Waals surface area contributed by atoms with Crippen molar-refractivity contribution in [2.45, 2.75) is 187 Å². The first-order valence-corrected chi connectivity index (χ1v) is 45.7. The quantitative estimate of drug-likeness (QED) is 0.0902. The van der Waals surface area contributed by atoms with E-state index in [1.165, 1.54) is 37.5 Å². The fourth-order valence-electron chi connectivity index (χ4n) is 15.4. The van der Waals surface area contributed by atoms with Crippen molar-refractivity contribution in [1.82, 2.24) is 130 Å². The molecule has 0 aliphatic rings. The molecule has 0 aromatic carbocycles. The number of carbonyl (C=O) groups excluding carboxylic acids is 1. The monoisotopic (exact) mass is 2050 g/mol. The third-order valence-corrected chi connectivity index (χ3v) is 22.2. The number of fused-ring (bicyclic) bond motifs is 10. The number of nitrogens with two attached hydrogens (primary N) is 2. The molecule has 20 rings (SSSR count). The second-order valence-corrected chi connectivity index (χ2v) is 35.4. The van der Waals surface area contributed by atoms with Gasteiger partial charge in [0.25, 0.3) is 27.8 Å². The van der Waals surface area contributed by atoms with Crippen LogP contribution < -0.4 is 44.6 Å². The van der Waals surface area contributed by atoms with Crippen molar-refractivity contribution < 1.29 is 9.53 Å².